The van der Waals surface area contributed by atoms with E-state index in [2.05, 4.69) is 5.32 Å². The van der Waals surface area contributed by atoms with E-state index in [1.807, 2.05) is 0 Å². The molecule has 1 aromatic rings. The quantitative estimate of drug-likeness (QED) is 0.817. The van der Waals surface area contributed by atoms with Gasteiger partial charge in [-0.3, -0.25) is 4.79 Å². The van der Waals surface area contributed by atoms with E-state index in [0.717, 1.165) is 19.3 Å². The van der Waals surface area contributed by atoms with E-state index in [0.29, 0.717) is 17.0 Å². The van der Waals surface area contributed by atoms with E-state index in [1.165, 1.54) is 0 Å². The highest BCUT2D eigenvalue weighted by atomic mass is 32.1. The Kier molecular flexibility index (Phi) is 3.81. The predicted molar refractivity (Wildman–Crippen MR) is 74.9 cm³/mol. The van der Waals surface area contributed by atoms with E-state index in [-0.39, 0.29) is 16.8 Å². The second-order valence-electron chi connectivity index (χ2n) is 4.36. The van der Waals surface area contributed by atoms with E-state index in [1.54, 1.807) is 25.3 Å². The molecular formula is C13H16N2O2S. The Hall–Kier alpha value is -1.62. The van der Waals surface area contributed by atoms with Gasteiger partial charge in [-0.25, -0.2) is 0 Å². The molecule has 0 heterocycles. The van der Waals surface area contributed by atoms with Gasteiger partial charge in [-0.15, -0.1) is 0 Å². The fourth-order valence-electron chi connectivity index (χ4n) is 1.93. The maximum atomic E-state index is 12.0. The smallest absolute Gasteiger partial charge is 0.227 e. The Morgan fingerprint density at radius 3 is 2.72 bits per heavy atom. The number of para-hydroxylation sites is 1. The molecule has 0 spiro atoms. The van der Waals surface area contributed by atoms with Gasteiger partial charge in [0.15, 0.2) is 0 Å². The highest BCUT2D eigenvalue weighted by Crippen LogP contribution is 2.32. The summed E-state index contributed by atoms with van der Waals surface area (Å²) < 4.78 is 5.24. The number of hydrogen-bond acceptors (Lipinski definition) is 3. The molecule has 0 radical (unpaired) electrons. The molecule has 18 heavy (non-hydrogen) atoms. The number of hydrogen-bond donors (Lipinski definition) is 2. The summed E-state index contributed by atoms with van der Waals surface area (Å²) in [4.78, 5) is 12.2. The lowest BCUT2D eigenvalue weighted by Crippen LogP contribution is -2.29. The van der Waals surface area contributed by atoms with Gasteiger partial charge in [0.2, 0.25) is 5.91 Å². The zero-order valence-corrected chi connectivity index (χ0v) is 11.0. The Bertz CT molecular complexity index is 484. The molecule has 0 aliphatic heterocycles. The highest BCUT2D eigenvalue weighted by Gasteiger charge is 2.26. The molecule has 1 aliphatic carbocycles. The maximum Gasteiger partial charge on any atom is 0.227 e. The molecule has 2 rings (SSSR count). The lowest BCUT2D eigenvalue weighted by atomic mass is 9.84. The van der Waals surface area contributed by atoms with Gasteiger partial charge >= 0.3 is 0 Å². The summed E-state index contributed by atoms with van der Waals surface area (Å²) in [6, 6.07) is 5.35. The molecular weight excluding hydrogens is 248 g/mol. The summed E-state index contributed by atoms with van der Waals surface area (Å²) in [6.45, 7) is 0. The average molecular weight is 264 g/mol. The van der Waals surface area contributed by atoms with Crippen molar-refractivity contribution in [2.75, 3.05) is 12.4 Å². The van der Waals surface area contributed by atoms with Gasteiger partial charge in [-0.1, -0.05) is 24.7 Å². The first-order valence-electron chi connectivity index (χ1n) is 5.91. The summed E-state index contributed by atoms with van der Waals surface area (Å²) in [5.41, 5.74) is 6.87. The molecule has 1 saturated carbocycles. The lowest BCUT2D eigenvalue weighted by molar-refractivity contribution is -0.122. The molecule has 1 aliphatic rings. The van der Waals surface area contributed by atoms with Gasteiger partial charge in [0, 0.05) is 11.5 Å². The topological polar surface area (TPSA) is 64.3 Å². The predicted octanol–water partition coefficient (Wildman–Crippen LogP) is 2.07. The third-order valence-corrected chi connectivity index (χ3v) is 3.46. The first kappa shape index (κ1) is 12.8. The van der Waals surface area contributed by atoms with Crippen LogP contribution in [0.4, 0.5) is 5.69 Å². The maximum absolute atomic E-state index is 12.0. The second kappa shape index (κ2) is 5.35. The van der Waals surface area contributed by atoms with Crippen LogP contribution in [-0.4, -0.2) is 18.0 Å². The Balaban J connectivity index is 2.28. The first-order chi connectivity index (χ1) is 8.63. The molecule has 0 unspecified atom stereocenters. The minimum atomic E-state index is 0.0169. The van der Waals surface area contributed by atoms with Crippen LogP contribution in [0, 0.1) is 5.92 Å². The summed E-state index contributed by atoms with van der Waals surface area (Å²) in [6.07, 6.45) is 3.01. The fraction of sp³-hybridized carbons (Fsp3) is 0.385. The largest absolute Gasteiger partial charge is 0.495 e. The number of nitrogens with one attached hydrogen (secondary N) is 1. The molecule has 3 N–H and O–H groups in total. The third kappa shape index (κ3) is 2.46. The van der Waals surface area contributed by atoms with Gasteiger partial charge in [0.05, 0.1) is 12.8 Å². The number of thiocarbonyl (C=S) groups is 1. The zero-order chi connectivity index (χ0) is 13.1. The Morgan fingerprint density at radius 2 is 2.22 bits per heavy atom. The van der Waals surface area contributed by atoms with Crippen LogP contribution in [0.15, 0.2) is 18.2 Å². The lowest BCUT2D eigenvalue weighted by Gasteiger charge is -2.25. The molecule has 1 fully saturated rings. The first-order valence-corrected chi connectivity index (χ1v) is 6.32. The van der Waals surface area contributed by atoms with Crippen LogP contribution in [0.3, 0.4) is 0 Å². The van der Waals surface area contributed by atoms with Gasteiger partial charge in [-0.2, -0.15) is 0 Å². The number of methoxy groups -OCH3 is 1. The van der Waals surface area contributed by atoms with E-state index < -0.39 is 0 Å². The normalized spacial score (nSPS) is 14.7. The van der Waals surface area contributed by atoms with Crippen LogP contribution in [0.2, 0.25) is 0 Å². The molecule has 1 amide bonds. The standard InChI is InChI=1S/C13H16N2O2S/c1-17-10-7-3-6-9(12(14)18)11(10)15-13(16)8-4-2-5-8/h3,6-8H,2,4-5H2,1H3,(H2,14,18)(H,15,16). The van der Waals surface area contributed by atoms with Crippen LogP contribution < -0.4 is 15.8 Å². The van der Waals surface area contributed by atoms with E-state index in [4.69, 9.17) is 22.7 Å². The molecule has 0 bridgehead atoms. The number of ether oxygens (including phenoxy) is 1. The van der Waals surface area contributed by atoms with Crippen molar-refractivity contribution in [1.29, 1.82) is 0 Å². The third-order valence-electron chi connectivity index (χ3n) is 3.24. The highest BCUT2D eigenvalue weighted by molar-refractivity contribution is 7.80. The monoisotopic (exact) mass is 264 g/mol. The molecule has 0 saturated heterocycles. The number of rotatable bonds is 4. The van der Waals surface area contributed by atoms with Crippen molar-refractivity contribution >= 4 is 28.8 Å². The fourth-order valence-corrected chi connectivity index (χ4v) is 2.10. The number of benzene rings is 1. The molecule has 5 heteroatoms. The van der Waals surface area contributed by atoms with Gasteiger partial charge in [0.25, 0.3) is 0 Å². The molecule has 1 aromatic carbocycles. The number of carbonyl (C=O) groups is 1. The molecule has 0 atom stereocenters. The SMILES string of the molecule is COc1cccc(C(N)=S)c1NC(=O)C1CCC1. The Labute approximate surface area is 112 Å². The summed E-state index contributed by atoms with van der Waals surface area (Å²) >= 11 is 4.99. The zero-order valence-electron chi connectivity index (χ0n) is 10.2. The summed E-state index contributed by atoms with van der Waals surface area (Å²) in [5.74, 6) is 0.699. The summed E-state index contributed by atoms with van der Waals surface area (Å²) in [7, 11) is 1.55. The number of carbonyl (C=O) groups excluding carboxylic acids is 1. The van der Waals surface area contributed by atoms with Gasteiger partial charge in [-0.05, 0) is 25.0 Å². The van der Waals surface area contributed by atoms with Gasteiger partial charge < -0.3 is 15.8 Å². The summed E-state index contributed by atoms with van der Waals surface area (Å²) in [5, 5.41) is 2.88. The molecule has 4 nitrogen and oxygen atoms in total. The molecule has 0 aromatic heterocycles. The Morgan fingerprint density at radius 1 is 1.50 bits per heavy atom. The van der Waals surface area contributed by atoms with Crippen LogP contribution in [0.25, 0.3) is 0 Å². The molecule has 96 valence electrons. The van der Waals surface area contributed by atoms with Crippen molar-refractivity contribution in [1.82, 2.24) is 0 Å². The van der Waals surface area contributed by atoms with Crippen LogP contribution in [0.1, 0.15) is 24.8 Å². The van der Waals surface area contributed by atoms with Crippen molar-refractivity contribution in [3.8, 4) is 5.75 Å². The van der Waals surface area contributed by atoms with Crippen molar-refractivity contribution < 1.29 is 9.53 Å². The van der Waals surface area contributed by atoms with Crippen molar-refractivity contribution in [2.24, 2.45) is 11.7 Å². The van der Waals surface area contributed by atoms with Crippen LogP contribution in [0.5, 0.6) is 5.75 Å². The van der Waals surface area contributed by atoms with E-state index >= 15 is 0 Å². The average Bonchev–Trinajstić information content (AvgIpc) is 2.26. The van der Waals surface area contributed by atoms with Crippen molar-refractivity contribution in [2.45, 2.75) is 19.3 Å². The number of nitrogens with two attached hydrogens (primary N) is 1. The number of amides is 1. The minimum Gasteiger partial charge on any atom is -0.495 e. The van der Waals surface area contributed by atoms with Crippen molar-refractivity contribution in [3.63, 3.8) is 0 Å². The van der Waals surface area contributed by atoms with Gasteiger partial charge in [0.1, 0.15) is 10.7 Å². The van der Waals surface area contributed by atoms with Crippen molar-refractivity contribution in [3.05, 3.63) is 23.8 Å². The van der Waals surface area contributed by atoms with E-state index in [9.17, 15) is 4.79 Å². The number of anilines is 1. The van der Waals surface area contributed by atoms with Crippen LogP contribution >= 0.6 is 12.2 Å². The van der Waals surface area contributed by atoms with Crippen LogP contribution in [-0.2, 0) is 4.79 Å². The second-order valence-corrected chi connectivity index (χ2v) is 4.80. The minimum absolute atomic E-state index is 0.0169.